The number of alkyl halides is 2. The first-order valence-electron chi connectivity index (χ1n) is 12.1. The molecule has 1 aliphatic rings. The lowest BCUT2D eigenvalue weighted by Gasteiger charge is -2.41. The average molecular weight is 584 g/mol. The molecule has 0 spiro atoms. The molecule has 0 amide bonds. The van der Waals surface area contributed by atoms with Crippen LogP contribution in [0.1, 0.15) is 33.3 Å². The molecule has 0 aliphatic carbocycles. The van der Waals surface area contributed by atoms with Crippen LogP contribution in [0.15, 0.2) is 87.5 Å². The fourth-order valence-corrected chi connectivity index (χ4v) is 6.43. The second-order valence-corrected chi connectivity index (χ2v) is 13.8. The standard InChI is InChI=1S/C28H29F3O6S2/c1-19(28(30,31)39(32,33)34)37-22-9-15-25(16-10-22)38(24-13-7-21(29)8-14-24)23-11-5-20(6-12-23)27(4)35-17-26(2,3)18-36-27/h5-16,19H,17-18H2,1-4H3/p+1. The predicted octanol–water partition coefficient (Wildman–Crippen LogP) is 6.41. The molecule has 0 bridgehead atoms. The third-order valence-electron chi connectivity index (χ3n) is 6.33. The largest absolute Gasteiger partial charge is 0.483 e. The molecular weight excluding hydrogens is 553 g/mol. The number of hydrogen-bond acceptors (Lipinski definition) is 5. The molecule has 1 fully saturated rings. The monoisotopic (exact) mass is 583 g/mol. The van der Waals surface area contributed by atoms with Crippen LogP contribution < -0.4 is 4.74 Å². The topological polar surface area (TPSA) is 82.1 Å². The maximum absolute atomic E-state index is 13.9. The van der Waals surface area contributed by atoms with E-state index in [1.165, 1.54) is 24.3 Å². The van der Waals surface area contributed by atoms with Gasteiger partial charge in [0.25, 0.3) is 0 Å². The first kappa shape index (κ1) is 29.4. The summed E-state index contributed by atoms with van der Waals surface area (Å²) in [6.45, 7) is 7.97. The van der Waals surface area contributed by atoms with Gasteiger partial charge in [-0.15, -0.1) is 0 Å². The summed E-state index contributed by atoms with van der Waals surface area (Å²) < 4.78 is 89.6. The summed E-state index contributed by atoms with van der Waals surface area (Å²) in [6.07, 6.45) is -2.13. The van der Waals surface area contributed by atoms with Gasteiger partial charge in [-0.2, -0.15) is 17.2 Å². The van der Waals surface area contributed by atoms with Crippen LogP contribution in [0.25, 0.3) is 0 Å². The van der Waals surface area contributed by atoms with Crippen molar-refractivity contribution in [2.75, 3.05) is 13.2 Å². The molecule has 39 heavy (non-hydrogen) atoms. The molecule has 210 valence electrons. The molecule has 3 aromatic carbocycles. The van der Waals surface area contributed by atoms with Crippen molar-refractivity contribution in [3.05, 3.63) is 84.2 Å². The Bertz CT molecular complexity index is 1380. The van der Waals surface area contributed by atoms with Crippen molar-refractivity contribution in [3.63, 3.8) is 0 Å². The SMILES string of the molecule is CC(Oc1ccc([S+](c2ccc(F)cc2)c2ccc(C3(C)OCC(C)(C)CO3)cc2)cc1)C(F)(F)S(=O)(=O)O. The van der Waals surface area contributed by atoms with Gasteiger partial charge in [-0.3, -0.25) is 4.55 Å². The highest BCUT2D eigenvalue weighted by atomic mass is 32.2. The maximum Gasteiger partial charge on any atom is 0.405 e. The van der Waals surface area contributed by atoms with Gasteiger partial charge in [0.05, 0.1) is 24.1 Å². The predicted molar refractivity (Wildman–Crippen MR) is 141 cm³/mol. The minimum absolute atomic E-state index is 0.00461. The molecule has 2 unspecified atom stereocenters. The second-order valence-electron chi connectivity index (χ2n) is 10.2. The van der Waals surface area contributed by atoms with Crippen LogP contribution in [0.3, 0.4) is 0 Å². The quantitative estimate of drug-likeness (QED) is 0.244. The van der Waals surface area contributed by atoms with Gasteiger partial charge in [0.2, 0.25) is 0 Å². The van der Waals surface area contributed by atoms with Crippen molar-refractivity contribution >= 4 is 21.0 Å². The van der Waals surface area contributed by atoms with Crippen molar-refractivity contribution in [1.82, 2.24) is 0 Å². The fraction of sp³-hybridized carbons (Fsp3) is 0.357. The maximum atomic E-state index is 13.9. The Morgan fingerprint density at radius 2 is 1.31 bits per heavy atom. The summed E-state index contributed by atoms with van der Waals surface area (Å²) in [5.74, 6) is -1.27. The summed E-state index contributed by atoms with van der Waals surface area (Å²) in [5.41, 5.74) is 0.770. The Morgan fingerprint density at radius 3 is 1.77 bits per heavy atom. The lowest BCUT2D eigenvalue weighted by Crippen LogP contribution is -2.43. The van der Waals surface area contributed by atoms with E-state index >= 15 is 0 Å². The minimum atomic E-state index is -5.65. The first-order valence-corrected chi connectivity index (χ1v) is 14.8. The molecule has 4 rings (SSSR count). The lowest BCUT2D eigenvalue weighted by molar-refractivity contribution is -0.298. The highest BCUT2D eigenvalue weighted by Gasteiger charge is 2.51. The minimum Gasteiger partial charge on any atom is -0.483 e. The Balaban J connectivity index is 1.62. The number of ether oxygens (including phenoxy) is 3. The van der Waals surface area contributed by atoms with Crippen molar-refractivity contribution < 1.29 is 40.4 Å². The first-order chi connectivity index (χ1) is 18.1. The second kappa shape index (κ2) is 10.8. The summed E-state index contributed by atoms with van der Waals surface area (Å²) in [7, 11) is -6.35. The summed E-state index contributed by atoms with van der Waals surface area (Å²) in [6, 6.07) is 20.1. The molecular formula is C28H30F3O6S2+. The third-order valence-corrected chi connectivity index (χ3v) is 9.58. The highest BCUT2D eigenvalue weighted by molar-refractivity contribution is 7.97. The van der Waals surface area contributed by atoms with Gasteiger partial charge in [-0.05, 0) is 86.6 Å². The number of rotatable bonds is 8. The van der Waals surface area contributed by atoms with E-state index in [2.05, 4.69) is 13.8 Å². The molecule has 11 heteroatoms. The summed E-state index contributed by atoms with van der Waals surface area (Å²) in [5, 5.41) is -4.48. The van der Waals surface area contributed by atoms with Crippen molar-refractivity contribution in [2.24, 2.45) is 5.41 Å². The van der Waals surface area contributed by atoms with E-state index in [0.29, 0.717) is 13.2 Å². The molecule has 2 atom stereocenters. The van der Waals surface area contributed by atoms with Gasteiger partial charge in [0.1, 0.15) is 11.6 Å². The molecule has 1 N–H and O–H groups in total. The van der Waals surface area contributed by atoms with Gasteiger partial charge in [-0.25, -0.2) is 4.39 Å². The van der Waals surface area contributed by atoms with Crippen LogP contribution in [-0.4, -0.2) is 37.5 Å². The molecule has 6 nitrogen and oxygen atoms in total. The Morgan fingerprint density at radius 1 is 0.872 bits per heavy atom. The smallest absolute Gasteiger partial charge is 0.405 e. The number of hydrogen-bond donors (Lipinski definition) is 1. The zero-order valence-electron chi connectivity index (χ0n) is 21.9. The average Bonchev–Trinajstić information content (AvgIpc) is 2.88. The normalized spacial score (nSPS) is 18.8. The van der Waals surface area contributed by atoms with Crippen LogP contribution in [0.2, 0.25) is 0 Å². The van der Waals surface area contributed by atoms with Gasteiger partial charge < -0.3 is 14.2 Å². The van der Waals surface area contributed by atoms with Gasteiger partial charge in [0.15, 0.2) is 26.6 Å². The van der Waals surface area contributed by atoms with Crippen molar-refractivity contribution in [1.29, 1.82) is 0 Å². The molecule has 3 aromatic rings. The van der Waals surface area contributed by atoms with E-state index < -0.39 is 38.2 Å². The van der Waals surface area contributed by atoms with E-state index in [-0.39, 0.29) is 17.0 Å². The molecule has 0 radical (unpaired) electrons. The zero-order chi connectivity index (χ0) is 28.6. The van der Waals surface area contributed by atoms with E-state index in [9.17, 15) is 21.6 Å². The van der Waals surface area contributed by atoms with Crippen LogP contribution in [0, 0.1) is 11.2 Å². The Labute approximate surface area is 229 Å². The number of halogens is 3. The van der Waals surface area contributed by atoms with Crippen molar-refractivity contribution in [3.8, 4) is 5.75 Å². The van der Waals surface area contributed by atoms with Gasteiger partial charge in [0, 0.05) is 11.0 Å². The third kappa shape index (κ3) is 6.44. The van der Waals surface area contributed by atoms with E-state index in [4.69, 9.17) is 18.8 Å². The van der Waals surface area contributed by atoms with Crippen LogP contribution in [0.5, 0.6) is 5.75 Å². The van der Waals surface area contributed by atoms with E-state index in [0.717, 1.165) is 27.2 Å². The van der Waals surface area contributed by atoms with Crippen molar-refractivity contribution in [2.45, 2.75) is 59.5 Å². The molecule has 1 saturated heterocycles. The molecule has 0 saturated carbocycles. The zero-order valence-corrected chi connectivity index (χ0v) is 23.5. The van der Waals surface area contributed by atoms with Crippen LogP contribution in [0.4, 0.5) is 13.2 Å². The molecule has 1 heterocycles. The molecule has 1 aliphatic heterocycles. The van der Waals surface area contributed by atoms with Gasteiger partial charge in [-0.1, -0.05) is 13.8 Å². The summed E-state index contributed by atoms with van der Waals surface area (Å²) in [4.78, 5) is 2.52. The highest BCUT2D eigenvalue weighted by Crippen LogP contribution is 2.38. The van der Waals surface area contributed by atoms with E-state index in [1.807, 2.05) is 31.2 Å². The Hall–Kier alpha value is -2.57. The van der Waals surface area contributed by atoms with Crippen LogP contribution >= 0.6 is 0 Å². The fourth-order valence-electron chi connectivity index (χ4n) is 3.93. The summed E-state index contributed by atoms with van der Waals surface area (Å²) >= 11 is 0. The lowest BCUT2D eigenvalue weighted by atomic mass is 9.94. The van der Waals surface area contributed by atoms with Gasteiger partial charge >= 0.3 is 15.4 Å². The number of benzene rings is 3. The van der Waals surface area contributed by atoms with E-state index in [1.54, 1.807) is 24.3 Å². The molecule has 0 aromatic heterocycles. The Kier molecular flexibility index (Phi) is 8.13. The van der Waals surface area contributed by atoms with Crippen LogP contribution in [-0.2, 0) is 36.3 Å².